The number of benzene rings is 2. The number of hydrogen-bond donors (Lipinski definition) is 1. The number of fused-ring (bicyclic) bond motifs is 3. The van der Waals surface area contributed by atoms with Crippen molar-refractivity contribution >= 4 is 39.0 Å². The number of carbonyl (C=O) groups excluding carboxylic acids is 2. The maximum absolute atomic E-state index is 14.5. The lowest BCUT2D eigenvalue weighted by Gasteiger charge is -2.42. The van der Waals surface area contributed by atoms with Gasteiger partial charge in [-0.15, -0.1) is 4.36 Å². The number of rotatable bonds is 6. The van der Waals surface area contributed by atoms with Gasteiger partial charge in [-0.1, -0.05) is 57.0 Å². The van der Waals surface area contributed by atoms with Crippen molar-refractivity contribution in [3.63, 3.8) is 0 Å². The molecule has 3 aliphatic heterocycles. The van der Waals surface area contributed by atoms with Gasteiger partial charge < -0.3 is 23.8 Å². The molecule has 6 rings (SSSR count). The Morgan fingerprint density at radius 2 is 1.98 bits per heavy atom. The number of allylic oxidation sites excluding steroid dienone is 1. The summed E-state index contributed by atoms with van der Waals surface area (Å²) < 4.78 is 45.3. The number of amides is 2. The molecule has 0 radical (unpaired) electrons. The predicted molar refractivity (Wildman–Crippen MR) is 205 cm³/mol. The van der Waals surface area contributed by atoms with Crippen LogP contribution in [0.15, 0.2) is 52.9 Å². The first-order valence-corrected chi connectivity index (χ1v) is 20.9. The summed E-state index contributed by atoms with van der Waals surface area (Å²) in [7, 11) is -1.76. The van der Waals surface area contributed by atoms with E-state index in [-0.39, 0.29) is 53.3 Å². The Hall–Kier alpha value is -2.96. The van der Waals surface area contributed by atoms with Crippen LogP contribution in [0, 0.1) is 17.8 Å². The fourth-order valence-electron chi connectivity index (χ4n) is 8.52. The minimum atomic E-state index is -3.51. The van der Waals surface area contributed by atoms with Gasteiger partial charge in [-0.05, 0) is 97.7 Å². The molecule has 2 bridgehead atoms. The fraction of sp³-hybridized carbons (Fsp3) is 0.600. The summed E-state index contributed by atoms with van der Waals surface area (Å²) in [5.41, 5.74) is 3.32. The van der Waals surface area contributed by atoms with Crippen LogP contribution in [-0.2, 0) is 40.8 Å². The third kappa shape index (κ3) is 9.04. The second kappa shape index (κ2) is 17.0. The van der Waals surface area contributed by atoms with Gasteiger partial charge in [0.15, 0.2) is 0 Å². The van der Waals surface area contributed by atoms with E-state index >= 15 is 0 Å². The van der Waals surface area contributed by atoms with E-state index in [1.807, 2.05) is 25.1 Å². The first-order chi connectivity index (χ1) is 25.0. The zero-order valence-electron chi connectivity index (χ0n) is 30.9. The van der Waals surface area contributed by atoms with Gasteiger partial charge in [-0.2, -0.15) is 0 Å². The monoisotopic (exact) mass is 755 g/mol. The molecule has 284 valence electrons. The second-order valence-electron chi connectivity index (χ2n) is 15.2. The summed E-state index contributed by atoms with van der Waals surface area (Å²) in [6.45, 7) is 9.20. The Labute approximate surface area is 314 Å². The molecule has 0 aromatic heterocycles. The van der Waals surface area contributed by atoms with Crippen LogP contribution >= 0.6 is 11.6 Å². The molecular formula is C40H54ClN3O7S. The number of nitrogens with zero attached hydrogens (tertiary/aromatic N) is 2. The van der Waals surface area contributed by atoms with Gasteiger partial charge in [0.05, 0.1) is 30.3 Å². The van der Waals surface area contributed by atoms with E-state index in [4.69, 9.17) is 30.5 Å². The van der Waals surface area contributed by atoms with Crippen LogP contribution in [0.3, 0.4) is 0 Å². The summed E-state index contributed by atoms with van der Waals surface area (Å²) in [5.74, 6) is -0.239. The molecule has 1 N–H and O–H groups in total. The van der Waals surface area contributed by atoms with Crippen molar-refractivity contribution in [2.45, 2.75) is 83.3 Å². The lowest BCUT2D eigenvalue weighted by molar-refractivity contribution is -0.128. The van der Waals surface area contributed by atoms with Crippen molar-refractivity contribution in [3.8, 4) is 5.75 Å². The molecule has 10 nitrogen and oxygen atoms in total. The van der Waals surface area contributed by atoms with Gasteiger partial charge in [-0.3, -0.25) is 14.3 Å². The van der Waals surface area contributed by atoms with Crippen LogP contribution < -0.4 is 14.4 Å². The number of ether oxygens (including phenoxy) is 4. The molecule has 0 saturated carbocycles. The van der Waals surface area contributed by atoms with Gasteiger partial charge in [0.25, 0.3) is 11.8 Å². The summed E-state index contributed by atoms with van der Waals surface area (Å²) in [6.07, 6.45) is 9.76. The topological polar surface area (TPSA) is 116 Å². The highest BCUT2D eigenvalue weighted by Gasteiger charge is 2.42. The Morgan fingerprint density at radius 1 is 1.17 bits per heavy atom. The SMILES string of the molecule is CC[C@H]1[C@@H](OC)/C=C/C[C@H](C)CS(=O)(NC(=O)COC2CCOCC2)=NC(=O)c2ccc3c(c2)N(C[C@@H]1C)C[C@@]1(CCCc2cc(Cl)ccc21)CO3. The molecule has 2 aromatic rings. The summed E-state index contributed by atoms with van der Waals surface area (Å²) in [4.78, 5) is 29.5. The highest BCUT2D eigenvalue weighted by Crippen LogP contribution is 2.45. The Balaban J connectivity index is 1.38. The molecule has 3 heterocycles. The van der Waals surface area contributed by atoms with E-state index in [1.54, 1.807) is 13.2 Å². The second-order valence-corrected chi connectivity index (χ2v) is 17.6. The van der Waals surface area contributed by atoms with Gasteiger partial charge in [0.1, 0.15) is 22.3 Å². The number of carbonyl (C=O) groups is 2. The van der Waals surface area contributed by atoms with E-state index < -0.39 is 21.7 Å². The predicted octanol–water partition coefficient (Wildman–Crippen LogP) is 6.92. The molecule has 1 unspecified atom stereocenters. The highest BCUT2D eigenvalue weighted by molar-refractivity contribution is 7.92. The van der Waals surface area contributed by atoms with Crippen molar-refractivity contribution in [1.82, 2.24) is 4.72 Å². The van der Waals surface area contributed by atoms with Gasteiger partial charge in [0, 0.05) is 49.4 Å². The molecule has 12 heteroatoms. The average molecular weight is 756 g/mol. The summed E-state index contributed by atoms with van der Waals surface area (Å²) in [6, 6.07) is 11.5. The van der Waals surface area contributed by atoms with Crippen molar-refractivity contribution in [2.75, 3.05) is 57.3 Å². The zero-order chi connectivity index (χ0) is 36.9. The summed E-state index contributed by atoms with van der Waals surface area (Å²) >= 11 is 6.46. The smallest absolute Gasteiger partial charge is 0.286 e. The number of halogens is 1. The average Bonchev–Trinajstić information content (AvgIpc) is 3.26. The Morgan fingerprint density at radius 3 is 2.75 bits per heavy atom. The van der Waals surface area contributed by atoms with Crippen LogP contribution in [-0.4, -0.2) is 80.6 Å². The molecule has 6 atom stereocenters. The summed E-state index contributed by atoms with van der Waals surface area (Å²) in [5, 5.41) is 0.734. The largest absolute Gasteiger partial charge is 0.490 e. The molecule has 2 aromatic carbocycles. The maximum atomic E-state index is 14.5. The zero-order valence-corrected chi connectivity index (χ0v) is 32.5. The van der Waals surface area contributed by atoms with Crippen LogP contribution in [0.4, 0.5) is 5.69 Å². The third-order valence-electron chi connectivity index (χ3n) is 11.2. The van der Waals surface area contributed by atoms with Gasteiger partial charge >= 0.3 is 0 Å². The van der Waals surface area contributed by atoms with E-state index in [2.05, 4.69) is 52.1 Å². The number of anilines is 1. The molecule has 1 aliphatic carbocycles. The first-order valence-electron chi connectivity index (χ1n) is 18.8. The normalized spacial score (nSPS) is 30.8. The fourth-order valence-corrected chi connectivity index (χ4v) is 10.6. The van der Waals surface area contributed by atoms with E-state index in [0.29, 0.717) is 57.9 Å². The van der Waals surface area contributed by atoms with Crippen molar-refractivity contribution in [3.05, 3.63) is 70.3 Å². The quantitative estimate of drug-likeness (QED) is 0.316. The number of nitrogens with one attached hydrogen (secondary N) is 1. The standard InChI is InChI=1S/C40H54ClN3O7S/c1-5-33-28(3)22-44-25-40(17-7-9-29-20-31(41)12-13-34(29)40)26-51-37-14-11-30(21-35(37)44)39(46)43-52(47,24-27(2)8-6-10-36(33)48-4)42-38(45)23-50-32-15-18-49-19-16-32/h6,10-14,20-21,27-28,32-33,36H,5,7-9,15-19,22-26H2,1-4H3,(H,42,43,45,46,47)/b10-6+/t27-,28-,33+,36-,40-,52?/m0/s1. The minimum Gasteiger partial charge on any atom is -0.490 e. The molecule has 1 spiro atoms. The van der Waals surface area contributed by atoms with Crippen molar-refractivity contribution < 1.29 is 32.7 Å². The maximum Gasteiger partial charge on any atom is 0.286 e. The van der Waals surface area contributed by atoms with Crippen LogP contribution in [0.25, 0.3) is 0 Å². The third-order valence-corrected chi connectivity index (χ3v) is 13.4. The molecule has 2 amide bonds. The number of aryl methyl sites for hydroxylation is 1. The van der Waals surface area contributed by atoms with Gasteiger partial charge in [0.2, 0.25) is 0 Å². The Bertz CT molecular complexity index is 1750. The van der Waals surface area contributed by atoms with E-state index in [0.717, 1.165) is 36.4 Å². The van der Waals surface area contributed by atoms with Crippen molar-refractivity contribution in [2.24, 2.45) is 22.1 Å². The van der Waals surface area contributed by atoms with Crippen LogP contribution in [0.5, 0.6) is 5.75 Å². The molecule has 1 saturated heterocycles. The van der Waals surface area contributed by atoms with E-state index in [1.165, 1.54) is 11.1 Å². The molecule has 1 fully saturated rings. The lowest BCUT2D eigenvalue weighted by atomic mass is 9.70. The van der Waals surface area contributed by atoms with E-state index in [9.17, 15) is 13.8 Å². The number of methoxy groups -OCH3 is 1. The highest BCUT2D eigenvalue weighted by atomic mass is 35.5. The Kier molecular flexibility index (Phi) is 12.7. The molecular weight excluding hydrogens is 702 g/mol. The molecule has 52 heavy (non-hydrogen) atoms. The molecule has 4 aliphatic rings. The van der Waals surface area contributed by atoms with Crippen LogP contribution in [0.2, 0.25) is 5.02 Å². The minimum absolute atomic E-state index is 0.00344. The van der Waals surface area contributed by atoms with Crippen LogP contribution in [0.1, 0.15) is 80.8 Å². The first kappa shape index (κ1) is 38.8. The lowest BCUT2D eigenvalue weighted by Crippen LogP contribution is -2.47. The number of hydrogen-bond acceptors (Lipinski definition) is 8. The van der Waals surface area contributed by atoms with Gasteiger partial charge in [-0.25, -0.2) is 4.21 Å². The van der Waals surface area contributed by atoms with Crippen molar-refractivity contribution in [1.29, 1.82) is 0 Å².